The molecule has 0 aromatic heterocycles. The Kier molecular flexibility index (Phi) is 16.3. The van der Waals surface area contributed by atoms with E-state index in [0.717, 1.165) is 4.90 Å². The largest absolute Gasteiger partial charge is 0.480 e. The first-order valence-electron chi connectivity index (χ1n) is 11.1. The van der Waals surface area contributed by atoms with Gasteiger partial charge in [-0.15, -0.1) is 0 Å². The summed E-state index contributed by atoms with van der Waals surface area (Å²) in [6.45, 7) is -2.58. The second kappa shape index (κ2) is 18.0. The molecular formula is C20H35N5O11. The number of carboxylic acid groups (broad SMARTS) is 5. The SMILES string of the molecule is NCCCCC(NC(=O)CN(CCN(CCN(CC(=O)O)CC(=O)O)CC(=O)O)CC(=O)O)C(=O)O. The molecule has 16 heteroatoms. The van der Waals surface area contributed by atoms with Crippen molar-refractivity contribution in [3.63, 3.8) is 0 Å². The summed E-state index contributed by atoms with van der Waals surface area (Å²) < 4.78 is 0. The van der Waals surface area contributed by atoms with Gasteiger partial charge in [-0.25, -0.2) is 4.79 Å². The van der Waals surface area contributed by atoms with Crippen LogP contribution in [0.15, 0.2) is 0 Å². The molecular weight excluding hydrogens is 486 g/mol. The number of rotatable bonds is 22. The average molecular weight is 522 g/mol. The van der Waals surface area contributed by atoms with E-state index in [1.165, 1.54) is 9.80 Å². The van der Waals surface area contributed by atoms with Crippen molar-refractivity contribution < 1.29 is 54.3 Å². The first-order chi connectivity index (χ1) is 16.8. The van der Waals surface area contributed by atoms with E-state index < -0.39 is 74.5 Å². The van der Waals surface area contributed by atoms with Gasteiger partial charge in [-0.1, -0.05) is 0 Å². The third-order valence-corrected chi connectivity index (χ3v) is 4.85. The van der Waals surface area contributed by atoms with E-state index >= 15 is 0 Å². The van der Waals surface area contributed by atoms with Gasteiger partial charge in [0.2, 0.25) is 5.91 Å². The number of nitrogens with two attached hydrogens (primary N) is 1. The fourth-order valence-corrected chi connectivity index (χ4v) is 3.22. The van der Waals surface area contributed by atoms with Crippen molar-refractivity contribution in [1.29, 1.82) is 0 Å². The van der Waals surface area contributed by atoms with E-state index in [1.54, 1.807) is 0 Å². The molecule has 0 rings (SSSR count). The molecule has 0 aliphatic carbocycles. The third kappa shape index (κ3) is 17.1. The Morgan fingerprint density at radius 3 is 1.39 bits per heavy atom. The molecule has 0 aliphatic heterocycles. The van der Waals surface area contributed by atoms with Crippen LogP contribution in [0, 0.1) is 0 Å². The second-order valence-electron chi connectivity index (χ2n) is 8.02. The summed E-state index contributed by atoms with van der Waals surface area (Å²) in [7, 11) is 0. The molecule has 0 aliphatic rings. The molecule has 1 unspecified atom stereocenters. The van der Waals surface area contributed by atoms with Crippen LogP contribution in [0.25, 0.3) is 0 Å². The lowest BCUT2D eigenvalue weighted by Gasteiger charge is -2.27. The van der Waals surface area contributed by atoms with Gasteiger partial charge in [0.1, 0.15) is 6.04 Å². The molecule has 0 saturated heterocycles. The minimum Gasteiger partial charge on any atom is -0.480 e. The highest BCUT2D eigenvalue weighted by Crippen LogP contribution is 2.02. The van der Waals surface area contributed by atoms with E-state index in [0.29, 0.717) is 19.4 Å². The molecule has 0 heterocycles. The Balaban J connectivity index is 5.15. The summed E-state index contributed by atoms with van der Waals surface area (Å²) in [5.74, 6) is -6.98. The standard InChI is InChI=1S/C20H35N5O11/c21-4-2-1-3-14(20(35)36)22-15(26)9-24(11-17(29)30)7-5-23(10-16(27)28)6-8-25(12-18(31)32)13-19(33)34/h14H,1-13,21H2,(H,22,26)(H,27,28)(H,29,30)(H,31,32)(H,33,34)(H,35,36). The summed E-state index contributed by atoms with van der Waals surface area (Å²) in [6, 6.07) is -1.17. The molecule has 0 saturated carbocycles. The van der Waals surface area contributed by atoms with Crippen LogP contribution < -0.4 is 11.1 Å². The molecule has 0 bridgehead atoms. The second-order valence-corrected chi connectivity index (χ2v) is 8.02. The van der Waals surface area contributed by atoms with Crippen molar-refractivity contribution in [2.24, 2.45) is 5.73 Å². The molecule has 206 valence electrons. The van der Waals surface area contributed by atoms with Crippen molar-refractivity contribution in [3.05, 3.63) is 0 Å². The maximum absolute atomic E-state index is 12.4. The first-order valence-corrected chi connectivity index (χ1v) is 11.1. The zero-order valence-electron chi connectivity index (χ0n) is 19.9. The number of carbonyl (C=O) groups is 6. The van der Waals surface area contributed by atoms with E-state index in [2.05, 4.69) is 5.32 Å². The molecule has 0 radical (unpaired) electrons. The number of amides is 1. The minimum absolute atomic E-state index is 0.0395. The fraction of sp³-hybridized carbons (Fsp3) is 0.700. The highest BCUT2D eigenvalue weighted by molar-refractivity contribution is 5.85. The summed E-state index contributed by atoms with van der Waals surface area (Å²) >= 11 is 0. The smallest absolute Gasteiger partial charge is 0.326 e. The van der Waals surface area contributed by atoms with Gasteiger partial charge in [0, 0.05) is 26.2 Å². The van der Waals surface area contributed by atoms with Gasteiger partial charge in [-0.05, 0) is 25.8 Å². The zero-order valence-corrected chi connectivity index (χ0v) is 19.9. The van der Waals surface area contributed by atoms with Crippen molar-refractivity contribution in [1.82, 2.24) is 20.0 Å². The lowest BCUT2D eigenvalue weighted by molar-refractivity contribution is -0.143. The van der Waals surface area contributed by atoms with Crippen LogP contribution in [0.1, 0.15) is 19.3 Å². The number of hydrogen-bond acceptors (Lipinski definition) is 10. The third-order valence-electron chi connectivity index (χ3n) is 4.85. The van der Waals surface area contributed by atoms with Crippen LogP contribution in [0.5, 0.6) is 0 Å². The van der Waals surface area contributed by atoms with Gasteiger partial charge in [0.15, 0.2) is 0 Å². The number of hydrogen-bond donors (Lipinski definition) is 7. The maximum atomic E-state index is 12.4. The molecule has 8 N–H and O–H groups in total. The van der Waals surface area contributed by atoms with Gasteiger partial charge < -0.3 is 36.6 Å². The van der Waals surface area contributed by atoms with Crippen molar-refractivity contribution in [2.45, 2.75) is 25.3 Å². The Hall–Kier alpha value is -3.34. The number of carboxylic acids is 5. The van der Waals surface area contributed by atoms with Crippen molar-refractivity contribution in [3.8, 4) is 0 Å². The predicted molar refractivity (Wildman–Crippen MR) is 122 cm³/mol. The van der Waals surface area contributed by atoms with Crippen LogP contribution in [-0.2, 0) is 28.8 Å². The van der Waals surface area contributed by atoms with Crippen LogP contribution in [0.4, 0.5) is 0 Å². The van der Waals surface area contributed by atoms with E-state index in [9.17, 15) is 33.9 Å². The van der Waals surface area contributed by atoms with Crippen molar-refractivity contribution in [2.75, 3.05) is 65.4 Å². The Morgan fingerprint density at radius 2 is 1.00 bits per heavy atom. The molecule has 0 fully saturated rings. The molecule has 1 amide bonds. The van der Waals surface area contributed by atoms with Crippen LogP contribution >= 0.6 is 0 Å². The van der Waals surface area contributed by atoms with Crippen LogP contribution in [-0.4, -0.2) is 147 Å². The Bertz CT molecular complexity index is 748. The quantitative estimate of drug-likeness (QED) is 0.0698. The zero-order chi connectivity index (χ0) is 27.7. The topological polar surface area (TPSA) is 251 Å². The summed E-state index contributed by atoms with van der Waals surface area (Å²) in [5.41, 5.74) is 5.38. The number of aliphatic carboxylic acids is 5. The summed E-state index contributed by atoms with van der Waals surface area (Å²) in [5, 5.41) is 47.8. The van der Waals surface area contributed by atoms with Gasteiger partial charge in [0.05, 0.1) is 32.7 Å². The van der Waals surface area contributed by atoms with Gasteiger partial charge >= 0.3 is 29.8 Å². The predicted octanol–water partition coefficient (Wildman–Crippen LogP) is -3.07. The number of carbonyl (C=O) groups excluding carboxylic acids is 1. The molecule has 0 aromatic carbocycles. The van der Waals surface area contributed by atoms with Gasteiger partial charge in [-0.3, -0.25) is 38.7 Å². The Morgan fingerprint density at radius 1 is 0.611 bits per heavy atom. The minimum atomic E-state index is -1.26. The van der Waals surface area contributed by atoms with Crippen molar-refractivity contribution >= 4 is 35.8 Å². The lowest BCUT2D eigenvalue weighted by Crippen LogP contribution is -2.49. The molecule has 36 heavy (non-hydrogen) atoms. The van der Waals surface area contributed by atoms with Gasteiger partial charge in [0.25, 0.3) is 0 Å². The number of unbranched alkanes of at least 4 members (excludes halogenated alkanes) is 1. The normalized spacial score (nSPS) is 12.0. The molecule has 16 nitrogen and oxygen atoms in total. The first kappa shape index (κ1) is 32.7. The van der Waals surface area contributed by atoms with Gasteiger partial charge in [-0.2, -0.15) is 0 Å². The Labute approximate surface area is 207 Å². The molecule has 0 spiro atoms. The molecule has 0 aromatic rings. The van der Waals surface area contributed by atoms with E-state index in [-0.39, 0.29) is 32.6 Å². The fourth-order valence-electron chi connectivity index (χ4n) is 3.22. The number of nitrogens with one attached hydrogen (secondary N) is 1. The van der Waals surface area contributed by atoms with Crippen LogP contribution in [0.3, 0.4) is 0 Å². The summed E-state index contributed by atoms with van der Waals surface area (Å²) in [4.78, 5) is 71.7. The van der Waals surface area contributed by atoms with Crippen LogP contribution in [0.2, 0.25) is 0 Å². The average Bonchev–Trinajstić information content (AvgIpc) is 2.73. The van der Waals surface area contributed by atoms with E-state index in [1.807, 2.05) is 0 Å². The summed E-state index contributed by atoms with van der Waals surface area (Å²) in [6.07, 6.45) is 1.19. The molecule has 1 atom stereocenters. The maximum Gasteiger partial charge on any atom is 0.326 e. The number of nitrogens with zero attached hydrogens (tertiary/aromatic N) is 3. The monoisotopic (exact) mass is 521 g/mol. The van der Waals surface area contributed by atoms with E-state index in [4.69, 9.17) is 26.2 Å². The lowest BCUT2D eigenvalue weighted by atomic mass is 10.1. The highest BCUT2D eigenvalue weighted by atomic mass is 16.4. The highest BCUT2D eigenvalue weighted by Gasteiger charge is 2.23.